The predicted octanol–water partition coefficient (Wildman–Crippen LogP) is 2.26. The van der Waals surface area contributed by atoms with Gasteiger partial charge in [-0.2, -0.15) is 5.10 Å². The molecule has 0 radical (unpaired) electrons. The highest BCUT2D eigenvalue weighted by atomic mass is 32.1. The minimum atomic E-state index is -0.0191. The molecule has 4 aromatic heterocycles. The summed E-state index contributed by atoms with van der Waals surface area (Å²) in [5.74, 6) is 0.852. The van der Waals surface area contributed by atoms with Crippen LogP contribution in [-0.2, 0) is 11.8 Å². The van der Waals surface area contributed by atoms with Crippen molar-refractivity contribution in [3.8, 4) is 22.8 Å². The highest BCUT2D eigenvalue weighted by Gasteiger charge is 2.23. The molecule has 1 fully saturated rings. The molecule has 168 valence electrons. The molecule has 0 unspecified atom stereocenters. The molecule has 0 aromatic carbocycles. The average Bonchev–Trinajstić information content (AvgIpc) is 3.46. The monoisotopic (exact) mass is 462 g/mol. The van der Waals surface area contributed by atoms with Gasteiger partial charge in [-0.3, -0.25) is 14.5 Å². The van der Waals surface area contributed by atoms with E-state index in [0.29, 0.717) is 59.6 Å². The molecule has 0 atom stereocenters. The molecular weight excluding hydrogens is 440 g/mol. The number of anilines is 1. The molecule has 10 nitrogen and oxygen atoms in total. The van der Waals surface area contributed by atoms with Gasteiger partial charge in [0.05, 0.1) is 23.8 Å². The fourth-order valence-corrected chi connectivity index (χ4v) is 4.74. The number of carbonyl (C=O) groups excluding carboxylic acids is 1. The number of hydrogen-bond acceptors (Lipinski definition) is 9. The number of fused-ring (bicyclic) bond motifs is 1. The lowest BCUT2D eigenvalue weighted by Gasteiger charge is -2.26. The van der Waals surface area contributed by atoms with Gasteiger partial charge in [0.15, 0.2) is 5.82 Å². The topological polar surface area (TPSA) is 124 Å². The Morgan fingerprint density at radius 2 is 2.09 bits per heavy atom. The molecule has 0 spiro atoms. The molecule has 4 aromatic rings. The van der Waals surface area contributed by atoms with Crippen molar-refractivity contribution in [1.82, 2.24) is 29.6 Å². The predicted molar refractivity (Wildman–Crippen MR) is 128 cm³/mol. The Morgan fingerprint density at radius 3 is 2.82 bits per heavy atom. The Labute approximate surface area is 193 Å². The Bertz CT molecular complexity index is 1370. The zero-order valence-corrected chi connectivity index (χ0v) is 19.0. The van der Waals surface area contributed by atoms with Crippen LogP contribution < -0.4 is 5.73 Å². The number of pyridine rings is 1. The first-order chi connectivity index (χ1) is 16.0. The lowest BCUT2D eigenvalue weighted by atomic mass is 10.1. The van der Waals surface area contributed by atoms with Crippen LogP contribution in [0.3, 0.4) is 0 Å². The fourth-order valence-electron chi connectivity index (χ4n) is 3.74. The van der Waals surface area contributed by atoms with Crippen molar-refractivity contribution in [3.05, 3.63) is 41.0 Å². The number of thiophene rings is 1. The van der Waals surface area contributed by atoms with E-state index in [1.54, 1.807) is 30.3 Å². The van der Waals surface area contributed by atoms with Gasteiger partial charge in [0.25, 0.3) is 5.91 Å². The number of rotatable bonds is 4. The number of hydrogen-bond donors (Lipinski definition) is 1. The van der Waals surface area contributed by atoms with Crippen LogP contribution in [0.4, 0.5) is 5.82 Å². The summed E-state index contributed by atoms with van der Waals surface area (Å²) in [6, 6.07) is 5.63. The minimum Gasteiger partial charge on any atom is -0.383 e. The van der Waals surface area contributed by atoms with Gasteiger partial charge >= 0.3 is 0 Å². The summed E-state index contributed by atoms with van der Waals surface area (Å²) in [7, 11) is 3.53. The molecule has 2 N–H and O–H groups in total. The summed E-state index contributed by atoms with van der Waals surface area (Å²) < 4.78 is 7.13. The first-order valence-electron chi connectivity index (χ1n) is 10.4. The van der Waals surface area contributed by atoms with E-state index >= 15 is 0 Å². The van der Waals surface area contributed by atoms with Crippen LogP contribution in [0.2, 0.25) is 0 Å². The standard InChI is InChI=1S/C22H22N8O2S/c1-24-11-13-9-14(12-25-19(13)23)20-27-18(16-3-4-26-29(16)2)15-10-17(33-21(15)28-20)22(31)30-5-7-32-8-6-30/h3-4,9-12H,5-8H2,1-2H3,(H2,23,25). The summed E-state index contributed by atoms with van der Waals surface area (Å²) in [4.78, 5) is 34.2. The summed E-state index contributed by atoms with van der Waals surface area (Å²) >= 11 is 1.36. The van der Waals surface area contributed by atoms with Crippen LogP contribution in [0.25, 0.3) is 33.0 Å². The van der Waals surface area contributed by atoms with E-state index in [-0.39, 0.29) is 5.91 Å². The first kappa shape index (κ1) is 21.2. The Kier molecular flexibility index (Phi) is 5.56. The van der Waals surface area contributed by atoms with Crippen LogP contribution >= 0.6 is 11.3 Å². The van der Waals surface area contributed by atoms with Gasteiger partial charge in [0.2, 0.25) is 0 Å². The number of ether oxygens (including phenoxy) is 1. The average molecular weight is 463 g/mol. The summed E-state index contributed by atoms with van der Waals surface area (Å²) in [6.07, 6.45) is 5.01. The van der Waals surface area contributed by atoms with Crippen molar-refractivity contribution in [2.24, 2.45) is 12.0 Å². The number of morpholine rings is 1. The van der Waals surface area contributed by atoms with E-state index < -0.39 is 0 Å². The van der Waals surface area contributed by atoms with E-state index in [9.17, 15) is 4.79 Å². The fraction of sp³-hybridized carbons (Fsp3) is 0.273. The molecule has 1 aliphatic heterocycles. The van der Waals surface area contributed by atoms with Crippen molar-refractivity contribution in [2.45, 2.75) is 0 Å². The van der Waals surface area contributed by atoms with Crippen molar-refractivity contribution in [3.63, 3.8) is 0 Å². The van der Waals surface area contributed by atoms with Crippen molar-refractivity contribution < 1.29 is 9.53 Å². The van der Waals surface area contributed by atoms with Gasteiger partial charge in [-0.15, -0.1) is 11.3 Å². The zero-order valence-electron chi connectivity index (χ0n) is 18.2. The third-order valence-corrected chi connectivity index (χ3v) is 6.46. The first-order valence-corrected chi connectivity index (χ1v) is 11.2. The van der Waals surface area contributed by atoms with E-state index in [2.05, 4.69) is 15.1 Å². The maximum absolute atomic E-state index is 13.1. The minimum absolute atomic E-state index is 0.0191. The Balaban J connectivity index is 1.67. The van der Waals surface area contributed by atoms with Crippen LogP contribution in [0, 0.1) is 0 Å². The molecule has 1 aliphatic rings. The number of aliphatic imine (C=N–C) groups is 1. The third-order valence-electron chi connectivity index (χ3n) is 5.44. The number of nitrogen functional groups attached to an aromatic ring is 1. The number of amides is 1. The Hall–Kier alpha value is -3.70. The van der Waals surface area contributed by atoms with Gasteiger partial charge in [-0.05, 0) is 18.2 Å². The second-order valence-electron chi connectivity index (χ2n) is 7.56. The quantitative estimate of drug-likeness (QED) is 0.461. The second-order valence-corrected chi connectivity index (χ2v) is 8.59. The second kappa shape index (κ2) is 8.68. The molecular formula is C22H22N8O2S. The van der Waals surface area contributed by atoms with Crippen LogP contribution in [0.15, 0.2) is 35.6 Å². The molecule has 5 heterocycles. The van der Waals surface area contributed by atoms with Gasteiger partial charge in [-0.1, -0.05) is 0 Å². The van der Waals surface area contributed by atoms with Crippen LogP contribution in [0.1, 0.15) is 15.2 Å². The van der Waals surface area contributed by atoms with Crippen molar-refractivity contribution in [2.75, 3.05) is 39.1 Å². The summed E-state index contributed by atoms with van der Waals surface area (Å²) in [5, 5.41) is 5.10. The van der Waals surface area contributed by atoms with Gasteiger partial charge in [0.1, 0.15) is 16.3 Å². The van der Waals surface area contributed by atoms with Crippen LogP contribution in [-0.4, -0.2) is 75.1 Å². The zero-order chi connectivity index (χ0) is 22.9. The van der Waals surface area contributed by atoms with E-state index in [4.69, 9.17) is 20.4 Å². The highest BCUT2D eigenvalue weighted by Crippen LogP contribution is 2.34. The normalized spacial score (nSPS) is 14.4. The van der Waals surface area contributed by atoms with Crippen molar-refractivity contribution in [1.29, 1.82) is 0 Å². The molecule has 0 saturated carbocycles. The Morgan fingerprint density at radius 1 is 1.27 bits per heavy atom. The molecule has 5 rings (SSSR count). The van der Waals surface area contributed by atoms with E-state index in [1.165, 1.54) is 11.3 Å². The third kappa shape index (κ3) is 3.96. The maximum atomic E-state index is 13.1. The largest absolute Gasteiger partial charge is 0.383 e. The number of nitrogens with two attached hydrogens (primary N) is 1. The van der Waals surface area contributed by atoms with Gasteiger partial charge < -0.3 is 15.4 Å². The van der Waals surface area contributed by atoms with Gasteiger partial charge in [0, 0.05) is 62.3 Å². The summed E-state index contributed by atoms with van der Waals surface area (Å²) in [5.41, 5.74) is 8.90. The van der Waals surface area contributed by atoms with Crippen molar-refractivity contribution >= 4 is 39.5 Å². The lowest BCUT2D eigenvalue weighted by Crippen LogP contribution is -2.40. The number of aryl methyl sites for hydroxylation is 1. The smallest absolute Gasteiger partial charge is 0.264 e. The molecule has 33 heavy (non-hydrogen) atoms. The summed E-state index contributed by atoms with van der Waals surface area (Å²) in [6.45, 7) is 2.26. The number of aromatic nitrogens is 5. The lowest BCUT2D eigenvalue weighted by molar-refractivity contribution is 0.0306. The highest BCUT2D eigenvalue weighted by molar-refractivity contribution is 7.20. The molecule has 1 amide bonds. The molecule has 0 aliphatic carbocycles. The number of nitrogens with zero attached hydrogens (tertiary/aromatic N) is 7. The number of carbonyl (C=O) groups is 1. The van der Waals surface area contributed by atoms with E-state index in [0.717, 1.165) is 15.9 Å². The molecule has 1 saturated heterocycles. The molecule has 0 bridgehead atoms. The maximum Gasteiger partial charge on any atom is 0.264 e. The molecule has 11 heteroatoms. The SMILES string of the molecule is CN=Cc1cc(-c2nc(-c3ccnn3C)c3cc(C(=O)N4CCOCC4)sc3n2)cnc1N. The van der Waals surface area contributed by atoms with E-state index in [1.807, 2.05) is 30.1 Å². The van der Waals surface area contributed by atoms with Gasteiger partial charge in [-0.25, -0.2) is 15.0 Å². The van der Waals surface area contributed by atoms with Crippen LogP contribution in [0.5, 0.6) is 0 Å².